The van der Waals surface area contributed by atoms with Crippen molar-refractivity contribution in [3.8, 4) is 22.8 Å². The molecule has 0 spiro atoms. The summed E-state index contributed by atoms with van der Waals surface area (Å²) in [7, 11) is 2.05. The Bertz CT molecular complexity index is 1200. The van der Waals surface area contributed by atoms with Crippen molar-refractivity contribution in [3.05, 3.63) is 64.2 Å². The number of benzene rings is 1. The van der Waals surface area contributed by atoms with Crippen LogP contribution in [0.1, 0.15) is 5.82 Å². The smallest absolute Gasteiger partial charge is 0.260 e. The number of para-hydroxylation sites is 2. The first-order valence-electron chi connectivity index (χ1n) is 9.41. The van der Waals surface area contributed by atoms with Gasteiger partial charge in [0.05, 0.1) is 18.7 Å². The van der Waals surface area contributed by atoms with Crippen molar-refractivity contribution < 1.29 is 18.8 Å². The molecule has 1 aliphatic rings. The van der Waals surface area contributed by atoms with Gasteiger partial charge in [-0.1, -0.05) is 12.1 Å². The molecule has 0 amide bonds. The fourth-order valence-corrected chi connectivity index (χ4v) is 4.55. The zero-order chi connectivity index (χ0) is 19.8. The van der Waals surface area contributed by atoms with Crippen molar-refractivity contribution in [2.45, 2.75) is 12.6 Å². The van der Waals surface area contributed by atoms with E-state index in [1.165, 1.54) is 16.2 Å². The van der Waals surface area contributed by atoms with Crippen LogP contribution in [0.2, 0.25) is 0 Å². The zero-order valence-corrected chi connectivity index (χ0v) is 16.6. The Morgan fingerprint density at radius 2 is 2.10 bits per heavy atom. The normalized spacial score (nSPS) is 16.8. The molecule has 0 saturated carbocycles. The third kappa shape index (κ3) is 3.52. The number of likely N-dealkylation sites (N-methyl/N-ethyl adjacent to an activating group) is 1. The third-order valence-electron chi connectivity index (χ3n) is 4.89. The average Bonchev–Trinajstić information content (AvgIpc) is 3.37. The Hall–Kier alpha value is -3.10. The predicted octanol–water partition coefficient (Wildman–Crippen LogP) is 2.10. The minimum atomic E-state index is -0.142. The molecule has 2 atom stereocenters. The van der Waals surface area contributed by atoms with Crippen LogP contribution in [0.5, 0.6) is 11.5 Å². The molecule has 3 aromatic heterocycles. The number of fused-ring (bicyclic) bond motifs is 2. The Balaban J connectivity index is 1.31. The number of nitrogens with one attached hydrogen (secondary N) is 2. The molecule has 0 bridgehead atoms. The topological polar surface area (TPSA) is 81.8 Å². The maximum atomic E-state index is 12.7. The zero-order valence-electron chi connectivity index (χ0n) is 15.8. The van der Waals surface area contributed by atoms with Gasteiger partial charge in [-0.05, 0) is 24.3 Å². The van der Waals surface area contributed by atoms with Crippen molar-refractivity contribution in [2.24, 2.45) is 0 Å². The van der Waals surface area contributed by atoms with Gasteiger partial charge in [-0.3, -0.25) is 4.79 Å². The molecule has 7 nitrogen and oxygen atoms in total. The van der Waals surface area contributed by atoms with Gasteiger partial charge in [0.15, 0.2) is 23.4 Å². The van der Waals surface area contributed by atoms with Gasteiger partial charge in [0.1, 0.15) is 30.3 Å². The Labute approximate surface area is 170 Å². The maximum absolute atomic E-state index is 12.7. The number of ether oxygens (including phenoxy) is 2. The number of rotatable bonds is 5. The minimum Gasteiger partial charge on any atom is -0.486 e. The molecule has 4 aromatic rings. The third-order valence-corrected chi connectivity index (χ3v) is 5.76. The number of furan rings is 1. The number of aromatic amines is 1. The van der Waals surface area contributed by atoms with E-state index in [-0.39, 0.29) is 11.7 Å². The Morgan fingerprint density at radius 3 is 2.93 bits per heavy atom. The molecule has 0 aliphatic carbocycles. The van der Waals surface area contributed by atoms with Gasteiger partial charge < -0.3 is 23.8 Å². The van der Waals surface area contributed by atoms with Crippen LogP contribution in [-0.4, -0.2) is 36.3 Å². The number of thiophene rings is 1. The second-order valence-corrected chi connectivity index (χ2v) is 8.01. The van der Waals surface area contributed by atoms with Gasteiger partial charge in [0.2, 0.25) is 0 Å². The highest BCUT2D eigenvalue weighted by Crippen LogP contribution is 2.31. The van der Waals surface area contributed by atoms with Crippen molar-refractivity contribution in [1.82, 2.24) is 9.97 Å². The summed E-state index contributed by atoms with van der Waals surface area (Å²) >= 11 is 1.45. The van der Waals surface area contributed by atoms with Crippen LogP contribution in [-0.2, 0) is 6.54 Å². The van der Waals surface area contributed by atoms with Crippen LogP contribution in [0.3, 0.4) is 0 Å². The number of hydrogen-bond acceptors (Lipinski definition) is 6. The van der Waals surface area contributed by atoms with E-state index < -0.39 is 0 Å². The standard InChI is InChI=1S/C21H19N3O4S/c1-24(9-13-11-27-16-5-2-3-6-17(16)28-13)10-18-22-20(25)19-14(12-29-21(19)23-18)15-7-4-8-26-15/h2-8,12-13H,9-11H2,1H3,(H,22,23,25)/p+1/t13-/m1/s1. The molecule has 8 heteroatoms. The molecule has 1 aliphatic heterocycles. The van der Waals surface area contributed by atoms with Gasteiger partial charge in [0.25, 0.3) is 5.56 Å². The lowest BCUT2D eigenvalue weighted by Crippen LogP contribution is -3.09. The lowest BCUT2D eigenvalue weighted by Gasteiger charge is -2.27. The van der Waals surface area contributed by atoms with Gasteiger partial charge in [-0.25, -0.2) is 4.98 Å². The van der Waals surface area contributed by atoms with Crippen LogP contribution < -0.4 is 19.9 Å². The highest BCUT2D eigenvalue weighted by molar-refractivity contribution is 7.17. The van der Waals surface area contributed by atoms with E-state index >= 15 is 0 Å². The first kappa shape index (κ1) is 18.0. The molecule has 1 unspecified atom stereocenters. The van der Waals surface area contributed by atoms with Crippen molar-refractivity contribution in [2.75, 3.05) is 20.2 Å². The Kier molecular flexibility index (Phi) is 4.57. The summed E-state index contributed by atoms with van der Waals surface area (Å²) in [5, 5.41) is 2.49. The van der Waals surface area contributed by atoms with Crippen molar-refractivity contribution in [3.63, 3.8) is 0 Å². The molecule has 0 fully saturated rings. The van der Waals surface area contributed by atoms with Crippen LogP contribution in [0.15, 0.2) is 57.3 Å². The maximum Gasteiger partial charge on any atom is 0.260 e. The number of nitrogens with zero attached hydrogens (tertiary/aromatic N) is 1. The Morgan fingerprint density at radius 1 is 1.24 bits per heavy atom. The van der Waals surface area contributed by atoms with Crippen LogP contribution >= 0.6 is 11.3 Å². The van der Waals surface area contributed by atoms with Gasteiger partial charge in [-0.2, -0.15) is 0 Å². The van der Waals surface area contributed by atoms with Crippen molar-refractivity contribution >= 4 is 21.6 Å². The first-order chi connectivity index (χ1) is 14.2. The molecule has 1 aromatic carbocycles. The van der Waals surface area contributed by atoms with Crippen LogP contribution in [0.25, 0.3) is 21.5 Å². The van der Waals surface area contributed by atoms with Gasteiger partial charge >= 0.3 is 0 Å². The SMILES string of the molecule is C[NH+](Cc1nc2scc(-c3ccco3)c2c(=O)[nH]1)C[C@@H]1COc2ccccc2O1. The average molecular weight is 410 g/mol. The summed E-state index contributed by atoms with van der Waals surface area (Å²) in [4.78, 5) is 22.2. The number of aromatic nitrogens is 2. The first-order valence-corrected chi connectivity index (χ1v) is 10.3. The predicted molar refractivity (Wildman–Crippen MR) is 110 cm³/mol. The summed E-state index contributed by atoms with van der Waals surface area (Å²) in [6.45, 7) is 1.83. The summed E-state index contributed by atoms with van der Waals surface area (Å²) < 4.78 is 17.3. The molecular weight excluding hydrogens is 390 g/mol. The quantitative estimate of drug-likeness (QED) is 0.527. The number of quaternary nitrogens is 1. The lowest BCUT2D eigenvalue weighted by atomic mass is 10.2. The summed E-state index contributed by atoms with van der Waals surface area (Å²) in [5.41, 5.74) is 0.638. The highest BCUT2D eigenvalue weighted by atomic mass is 32.1. The van der Waals surface area contributed by atoms with E-state index in [1.807, 2.05) is 41.8 Å². The molecule has 0 radical (unpaired) electrons. The summed E-state index contributed by atoms with van der Waals surface area (Å²) in [6, 6.07) is 11.3. The lowest BCUT2D eigenvalue weighted by molar-refractivity contribution is -0.897. The van der Waals surface area contributed by atoms with Crippen LogP contribution in [0, 0.1) is 0 Å². The number of hydrogen-bond donors (Lipinski definition) is 2. The van der Waals surface area contributed by atoms with E-state index in [4.69, 9.17) is 13.9 Å². The molecule has 0 saturated heterocycles. The second kappa shape index (κ2) is 7.38. The molecule has 2 N–H and O–H groups in total. The number of H-pyrrole nitrogens is 1. The van der Waals surface area contributed by atoms with E-state index in [9.17, 15) is 4.79 Å². The minimum absolute atomic E-state index is 0.0485. The van der Waals surface area contributed by atoms with Crippen molar-refractivity contribution in [1.29, 1.82) is 0 Å². The van der Waals surface area contributed by atoms with Crippen LogP contribution in [0.4, 0.5) is 0 Å². The molecule has 29 heavy (non-hydrogen) atoms. The molecule has 148 valence electrons. The summed E-state index contributed by atoms with van der Waals surface area (Å²) in [5.74, 6) is 2.88. The van der Waals surface area contributed by atoms with E-state index in [0.717, 1.165) is 23.6 Å². The van der Waals surface area contributed by atoms with E-state index in [2.05, 4.69) is 17.0 Å². The molecule has 5 rings (SSSR count). The molecular formula is C21H20N3O4S+. The van der Waals surface area contributed by atoms with E-state index in [0.29, 0.717) is 35.0 Å². The largest absolute Gasteiger partial charge is 0.486 e. The van der Waals surface area contributed by atoms with Gasteiger partial charge in [-0.15, -0.1) is 11.3 Å². The fourth-order valence-electron chi connectivity index (χ4n) is 3.60. The fraction of sp³-hybridized carbons (Fsp3) is 0.238. The second-order valence-electron chi connectivity index (χ2n) is 7.16. The monoisotopic (exact) mass is 410 g/mol. The van der Waals surface area contributed by atoms with E-state index in [1.54, 1.807) is 6.26 Å². The highest BCUT2D eigenvalue weighted by Gasteiger charge is 2.24. The van der Waals surface area contributed by atoms with Gasteiger partial charge in [0, 0.05) is 10.9 Å². The summed E-state index contributed by atoms with van der Waals surface area (Å²) in [6.07, 6.45) is 1.55. The molecule has 4 heterocycles.